The highest BCUT2D eigenvalue weighted by Crippen LogP contribution is 2.35. The summed E-state index contributed by atoms with van der Waals surface area (Å²) in [5.74, 6) is 0.847. The number of rotatable bonds is 3. The zero-order valence-electron chi connectivity index (χ0n) is 12.2. The molecule has 0 amide bonds. The molecule has 1 aliphatic rings. The van der Waals surface area contributed by atoms with E-state index >= 15 is 0 Å². The van der Waals surface area contributed by atoms with Crippen LogP contribution in [0.5, 0.6) is 0 Å². The van der Waals surface area contributed by atoms with Gasteiger partial charge in [-0.05, 0) is 31.4 Å². The molecule has 2 aromatic carbocycles. The van der Waals surface area contributed by atoms with Crippen LogP contribution in [0.3, 0.4) is 0 Å². The summed E-state index contributed by atoms with van der Waals surface area (Å²) in [7, 11) is 0. The van der Waals surface area contributed by atoms with Gasteiger partial charge in [-0.15, -0.1) is 0 Å². The fraction of sp³-hybridized carbons (Fsp3) is 0.158. The van der Waals surface area contributed by atoms with Gasteiger partial charge in [-0.1, -0.05) is 60.3 Å². The third-order valence-corrected chi connectivity index (χ3v) is 4.92. The van der Waals surface area contributed by atoms with E-state index < -0.39 is 0 Å². The zero-order valence-corrected chi connectivity index (χ0v) is 13.0. The Morgan fingerprint density at radius 1 is 0.773 bits per heavy atom. The molecule has 2 nitrogen and oxygen atoms in total. The second kappa shape index (κ2) is 5.93. The Kier molecular flexibility index (Phi) is 3.65. The molecule has 1 aliphatic carbocycles. The molecule has 4 rings (SSSR count). The normalized spacial score (nSPS) is 13.1. The third-order valence-electron chi connectivity index (χ3n) is 3.88. The minimum absolute atomic E-state index is 0.847. The van der Waals surface area contributed by atoms with E-state index in [0.29, 0.717) is 0 Å². The lowest BCUT2D eigenvalue weighted by atomic mass is 10.2. The van der Waals surface area contributed by atoms with Crippen molar-refractivity contribution in [2.75, 3.05) is 0 Å². The Morgan fingerprint density at radius 3 is 2.27 bits per heavy atom. The van der Waals surface area contributed by atoms with Crippen LogP contribution in [0.2, 0.25) is 0 Å². The summed E-state index contributed by atoms with van der Waals surface area (Å²) in [6.45, 7) is 0. The number of hydrogen-bond donors (Lipinski definition) is 0. The van der Waals surface area contributed by atoms with E-state index in [1.807, 2.05) is 24.3 Å². The standard InChI is InChI=1S/C19H16N2S/c1-3-8-14(9-4-1)18-20-17-13-7-12-16(17)19(21-18)22-15-10-5-2-6-11-15/h1-6,8-11H,7,12-13H2. The van der Waals surface area contributed by atoms with Crippen LogP contribution in [0.4, 0.5) is 0 Å². The number of aromatic nitrogens is 2. The van der Waals surface area contributed by atoms with Gasteiger partial charge < -0.3 is 0 Å². The van der Waals surface area contributed by atoms with Gasteiger partial charge in [0.2, 0.25) is 0 Å². The van der Waals surface area contributed by atoms with Crippen LogP contribution in [0.25, 0.3) is 11.4 Å². The van der Waals surface area contributed by atoms with Crippen molar-refractivity contribution in [2.45, 2.75) is 29.2 Å². The van der Waals surface area contributed by atoms with E-state index in [1.54, 1.807) is 11.8 Å². The molecule has 1 aromatic heterocycles. The van der Waals surface area contributed by atoms with Gasteiger partial charge in [0.05, 0.1) is 0 Å². The molecule has 0 atom stereocenters. The molecule has 1 heterocycles. The molecule has 0 spiro atoms. The predicted octanol–water partition coefficient (Wildman–Crippen LogP) is 4.78. The summed E-state index contributed by atoms with van der Waals surface area (Å²) < 4.78 is 0. The summed E-state index contributed by atoms with van der Waals surface area (Å²) in [5.41, 5.74) is 3.66. The molecule has 0 saturated heterocycles. The molecule has 0 aliphatic heterocycles. The van der Waals surface area contributed by atoms with Gasteiger partial charge in [0.1, 0.15) is 5.03 Å². The van der Waals surface area contributed by atoms with Crippen LogP contribution in [-0.2, 0) is 12.8 Å². The van der Waals surface area contributed by atoms with Crippen molar-refractivity contribution in [3.05, 3.63) is 71.9 Å². The Bertz CT molecular complexity index is 785. The number of nitrogens with zero attached hydrogens (tertiary/aromatic N) is 2. The van der Waals surface area contributed by atoms with Crippen LogP contribution < -0.4 is 0 Å². The van der Waals surface area contributed by atoms with Crippen molar-refractivity contribution < 1.29 is 0 Å². The summed E-state index contributed by atoms with van der Waals surface area (Å²) in [4.78, 5) is 10.9. The average molecular weight is 304 g/mol. The summed E-state index contributed by atoms with van der Waals surface area (Å²) in [6, 6.07) is 20.7. The quantitative estimate of drug-likeness (QED) is 0.651. The van der Waals surface area contributed by atoms with Crippen molar-refractivity contribution in [3.63, 3.8) is 0 Å². The van der Waals surface area contributed by atoms with Crippen LogP contribution in [0, 0.1) is 0 Å². The minimum Gasteiger partial charge on any atom is -0.233 e. The van der Waals surface area contributed by atoms with Crippen LogP contribution in [-0.4, -0.2) is 9.97 Å². The summed E-state index contributed by atoms with van der Waals surface area (Å²) >= 11 is 1.75. The SMILES string of the molecule is c1ccc(Sc2nc(-c3ccccc3)nc3c2CCC3)cc1. The van der Waals surface area contributed by atoms with Crippen LogP contribution in [0.15, 0.2) is 70.6 Å². The molecule has 0 bridgehead atoms. The van der Waals surface area contributed by atoms with Gasteiger partial charge in [-0.25, -0.2) is 9.97 Å². The van der Waals surface area contributed by atoms with Gasteiger partial charge in [-0.2, -0.15) is 0 Å². The second-order valence-electron chi connectivity index (χ2n) is 5.41. The largest absolute Gasteiger partial charge is 0.233 e. The first-order valence-electron chi connectivity index (χ1n) is 7.58. The summed E-state index contributed by atoms with van der Waals surface area (Å²) in [5, 5.41) is 1.12. The average Bonchev–Trinajstić information content (AvgIpc) is 3.05. The Balaban J connectivity index is 1.78. The number of benzene rings is 2. The van der Waals surface area contributed by atoms with E-state index in [9.17, 15) is 0 Å². The molecule has 22 heavy (non-hydrogen) atoms. The van der Waals surface area contributed by atoms with Crippen molar-refractivity contribution in [2.24, 2.45) is 0 Å². The lowest BCUT2D eigenvalue weighted by Crippen LogP contribution is -1.99. The highest BCUT2D eigenvalue weighted by Gasteiger charge is 2.20. The van der Waals surface area contributed by atoms with Gasteiger partial charge in [0.25, 0.3) is 0 Å². The molecule has 0 radical (unpaired) electrons. The topological polar surface area (TPSA) is 25.8 Å². The molecular weight excluding hydrogens is 288 g/mol. The van der Waals surface area contributed by atoms with Crippen LogP contribution in [0.1, 0.15) is 17.7 Å². The lowest BCUT2D eigenvalue weighted by molar-refractivity contribution is 0.896. The molecule has 108 valence electrons. The number of fused-ring (bicyclic) bond motifs is 1. The lowest BCUT2D eigenvalue weighted by Gasteiger charge is -2.10. The highest BCUT2D eigenvalue weighted by atomic mass is 32.2. The predicted molar refractivity (Wildman–Crippen MR) is 90.1 cm³/mol. The maximum Gasteiger partial charge on any atom is 0.160 e. The first-order valence-corrected chi connectivity index (χ1v) is 8.40. The maximum atomic E-state index is 4.86. The fourth-order valence-corrected chi connectivity index (χ4v) is 3.79. The fourth-order valence-electron chi connectivity index (χ4n) is 2.80. The maximum absolute atomic E-state index is 4.86. The zero-order chi connectivity index (χ0) is 14.8. The smallest absolute Gasteiger partial charge is 0.160 e. The van der Waals surface area contributed by atoms with Crippen molar-refractivity contribution in [3.8, 4) is 11.4 Å². The van der Waals surface area contributed by atoms with E-state index in [0.717, 1.165) is 29.3 Å². The Hall–Kier alpha value is -2.13. The molecule has 0 unspecified atom stereocenters. The van der Waals surface area contributed by atoms with Gasteiger partial charge >= 0.3 is 0 Å². The van der Waals surface area contributed by atoms with Crippen molar-refractivity contribution in [1.29, 1.82) is 0 Å². The van der Waals surface area contributed by atoms with Crippen molar-refractivity contribution >= 4 is 11.8 Å². The summed E-state index contributed by atoms with van der Waals surface area (Å²) in [6.07, 6.45) is 3.35. The molecule has 3 aromatic rings. The molecule has 0 fully saturated rings. The molecule has 0 saturated carbocycles. The number of hydrogen-bond acceptors (Lipinski definition) is 3. The van der Waals surface area contributed by atoms with Gasteiger partial charge in [0, 0.05) is 21.7 Å². The van der Waals surface area contributed by atoms with Gasteiger partial charge in [0.15, 0.2) is 5.82 Å². The molecule has 3 heteroatoms. The number of aryl methyl sites for hydroxylation is 1. The molecular formula is C19H16N2S. The van der Waals surface area contributed by atoms with E-state index in [-0.39, 0.29) is 0 Å². The first kappa shape index (κ1) is 13.5. The third kappa shape index (κ3) is 2.64. The first-order chi connectivity index (χ1) is 10.9. The van der Waals surface area contributed by atoms with Crippen molar-refractivity contribution in [1.82, 2.24) is 9.97 Å². The monoisotopic (exact) mass is 304 g/mol. The Morgan fingerprint density at radius 2 is 1.50 bits per heavy atom. The van der Waals surface area contributed by atoms with E-state index in [4.69, 9.17) is 9.97 Å². The highest BCUT2D eigenvalue weighted by molar-refractivity contribution is 7.99. The van der Waals surface area contributed by atoms with Gasteiger partial charge in [-0.3, -0.25) is 0 Å². The minimum atomic E-state index is 0.847. The van der Waals surface area contributed by atoms with Crippen LogP contribution >= 0.6 is 11.8 Å². The Labute approximate surface area is 134 Å². The van der Waals surface area contributed by atoms with E-state index in [1.165, 1.54) is 22.6 Å². The molecule has 0 N–H and O–H groups in total. The second-order valence-corrected chi connectivity index (χ2v) is 6.47. The van der Waals surface area contributed by atoms with E-state index in [2.05, 4.69) is 36.4 Å².